The highest BCUT2D eigenvalue weighted by Crippen LogP contribution is 2.26. The van der Waals surface area contributed by atoms with Gasteiger partial charge in [0.05, 0.1) is 5.92 Å². The molecule has 1 saturated carbocycles. The van der Waals surface area contributed by atoms with E-state index in [2.05, 4.69) is 19.0 Å². The monoisotopic (exact) mass is 201 g/mol. The van der Waals surface area contributed by atoms with Gasteiger partial charge in [-0.05, 0) is 39.8 Å². The van der Waals surface area contributed by atoms with Gasteiger partial charge in [0.1, 0.15) is 0 Å². The van der Waals surface area contributed by atoms with Gasteiger partial charge in [-0.2, -0.15) is 0 Å². The van der Waals surface area contributed by atoms with Crippen molar-refractivity contribution in [2.45, 2.75) is 45.6 Å². The van der Waals surface area contributed by atoms with E-state index in [0.29, 0.717) is 6.04 Å². The lowest BCUT2D eigenvalue weighted by Crippen LogP contribution is -2.33. The average Bonchev–Trinajstić information content (AvgIpc) is 2.21. The average molecular weight is 201 g/mol. The molecule has 1 rings (SSSR count). The van der Waals surface area contributed by atoms with Crippen LogP contribution in [0.3, 0.4) is 0 Å². The molecule has 0 bridgehead atoms. The van der Waals surface area contributed by atoms with Crippen molar-refractivity contribution in [1.29, 1.82) is 0 Å². The Labute approximate surface area is 87.1 Å². The zero-order chi connectivity index (χ0) is 11.1. The number of aliphatic carboxylic acids is 1. The number of carboxylic acid groups (broad SMARTS) is 1. The Morgan fingerprint density at radius 3 is 1.86 bits per heavy atom. The second-order valence-corrected chi connectivity index (χ2v) is 3.81. The molecule has 84 valence electrons. The van der Waals surface area contributed by atoms with Gasteiger partial charge in [-0.25, -0.2) is 0 Å². The van der Waals surface area contributed by atoms with Crippen LogP contribution in [0.25, 0.3) is 0 Å². The van der Waals surface area contributed by atoms with Crippen molar-refractivity contribution in [1.82, 2.24) is 4.90 Å². The first kappa shape index (κ1) is 13.4. The fourth-order valence-electron chi connectivity index (χ4n) is 1.84. The van der Waals surface area contributed by atoms with E-state index in [0.717, 1.165) is 25.7 Å². The van der Waals surface area contributed by atoms with Crippen molar-refractivity contribution in [3.8, 4) is 0 Å². The van der Waals surface area contributed by atoms with Crippen LogP contribution in [-0.4, -0.2) is 36.1 Å². The predicted molar refractivity (Wildman–Crippen MR) is 58.4 cm³/mol. The van der Waals surface area contributed by atoms with Crippen LogP contribution in [0.2, 0.25) is 0 Å². The van der Waals surface area contributed by atoms with Gasteiger partial charge in [-0.1, -0.05) is 13.8 Å². The summed E-state index contributed by atoms with van der Waals surface area (Å²) in [6.07, 6.45) is 3.75. The number of hydrogen-bond acceptors (Lipinski definition) is 2. The number of hydrogen-bond donors (Lipinski definition) is 1. The first-order valence-electron chi connectivity index (χ1n) is 5.50. The minimum absolute atomic E-state index is 0.0822. The van der Waals surface area contributed by atoms with E-state index in [1.165, 1.54) is 0 Å². The normalized spacial score (nSPS) is 26.6. The van der Waals surface area contributed by atoms with Gasteiger partial charge >= 0.3 is 5.97 Å². The molecule has 0 amide bonds. The maximum Gasteiger partial charge on any atom is 0.306 e. The number of carboxylic acids is 1. The fourth-order valence-corrected chi connectivity index (χ4v) is 1.84. The SMILES string of the molecule is CC.CN(C)C1CCC(C(=O)O)CC1. The highest BCUT2D eigenvalue weighted by atomic mass is 16.4. The second-order valence-electron chi connectivity index (χ2n) is 3.81. The van der Waals surface area contributed by atoms with Crippen LogP contribution in [0.5, 0.6) is 0 Å². The summed E-state index contributed by atoms with van der Waals surface area (Å²) in [6.45, 7) is 4.00. The van der Waals surface area contributed by atoms with E-state index >= 15 is 0 Å². The molecule has 0 radical (unpaired) electrons. The molecule has 1 N–H and O–H groups in total. The lowest BCUT2D eigenvalue weighted by Gasteiger charge is -2.30. The summed E-state index contributed by atoms with van der Waals surface area (Å²) in [6, 6.07) is 0.598. The molecule has 1 aliphatic carbocycles. The van der Waals surface area contributed by atoms with Gasteiger partial charge in [-0.3, -0.25) is 4.79 Å². The Morgan fingerprint density at radius 2 is 1.57 bits per heavy atom. The molecule has 0 unspecified atom stereocenters. The van der Waals surface area contributed by atoms with Crippen LogP contribution >= 0.6 is 0 Å². The van der Waals surface area contributed by atoms with Crippen LogP contribution in [0, 0.1) is 5.92 Å². The molecule has 0 aliphatic heterocycles. The zero-order valence-electron chi connectivity index (χ0n) is 9.79. The Hall–Kier alpha value is -0.570. The van der Waals surface area contributed by atoms with Crippen LogP contribution in [0.15, 0.2) is 0 Å². The molecule has 0 atom stereocenters. The molecule has 1 aliphatic rings. The second kappa shape index (κ2) is 6.82. The van der Waals surface area contributed by atoms with Crippen molar-refractivity contribution in [2.24, 2.45) is 5.92 Å². The van der Waals surface area contributed by atoms with E-state index in [-0.39, 0.29) is 5.92 Å². The van der Waals surface area contributed by atoms with Crippen molar-refractivity contribution in [3.05, 3.63) is 0 Å². The van der Waals surface area contributed by atoms with Crippen molar-refractivity contribution in [3.63, 3.8) is 0 Å². The van der Waals surface area contributed by atoms with E-state index in [1.807, 2.05) is 13.8 Å². The summed E-state index contributed by atoms with van der Waals surface area (Å²) in [7, 11) is 4.12. The summed E-state index contributed by atoms with van der Waals surface area (Å²) in [5.41, 5.74) is 0. The third-order valence-electron chi connectivity index (χ3n) is 2.78. The molecule has 1 fully saturated rings. The molecular weight excluding hydrogens is 178 g/mol. The molecule has 0 aromatic carbocycles. The van der Waals surface area contributed by atoms with Gasteiger partial charge in [0.2, 0.25) is 0 Å². The molecule has 3 nitrogen and oxygen atoms in total. The van der Waals surface area contributed by atoms with Gasteiger partial charge in [-0.15, -0.1) is 0 Å². The van der Waals surface area contributed by atoms with Crippen LogP contribution < -0.4 is 0 Å². The summed E-state index contributed by atoms with van der Waals surface area (Å²) in [5.74, 6) is -0.701. The topological polar surface area (TPSA) is 40.5 Å². The molecule has 0 aromatic heterocycles. The van der Waals surface area contributed by atoms with E-state index in [1.54, 1.807) is 0 Å². The van der Waals surface area contributed by atoms with E-state index in [9.17, 15) is 4.79 Å². The minimum Gasteiger partial charge on any atom is -0.481 e. The zero-order valence-corrected chi connectivity index (χ0v) is 9.79. The lowest BCUT2D eigenvalue weighted by atomic mass is 9.86. The summed E-state index contributed by atoms with van der Waals surface area (Å²) in [5, 5.41) is 8.75. The van der Waals surface area contributed by atoms with Crippen LogP contribution in [-0.2, 0) is 4.79 Å². The summed E-state index contributed by atoms with van der Waals surface area (Å²) >= 11 is 0. The molecular formula is C11H23NO2. The Kier molecular flexibility index (Phi) is 6.54. The summed E-state index contributed by atoms with van der Waals surface area (Å²) < 4.78 is 0. The Morgan fingerprint density at radius 1 is 1.14 bits per heavy atom. The van der Waals surface area contributed by atoms with Crippen molar-refractivity contribution >= 4 is 5.97 Å². The molecule has 14 heavy (non-hydrogen) atoms. The fraction of sp³-hybridized carbons (Fsp3) is 0.909. The number of carbonyl (C=O) groups is 1. The van der Waals surface area contributed by atoms with Gasteiger partial charge in [0.15, 0.2) is 0 Å². The van der Waals surface area contributed by atoms with E-state index in [4.69, 9.17) is 5.11 Å². The number of nitrogens with zero attached hydrogens (tertiary/aromatic N) is 1. The van der Waals surface area contributed by atoms with Crippen molar-refractivity contribution in [2.75, 3.05) is 14.1 Å². The maximum atomic E-state index is 10.6. The summed E-state index contributed by atoms with van der Waals surface area (Å²) in [4.78, 5) is 12.8. The molecule has 0 heterocycles. The molecule has 0 spiro atoms. The molecule has 3 heteroatoms. The van der Waals surface area contributed by atoms with Crippen LogP contribution in [0.1, 0.15) is 39.5 Å². The standard InChI is InChI=1S/C9H17NO2.C2H6/c1-10(2)8-5-3-7(4-6-8)9(11)12;1-2/h7-8H,3-6H2,1-2H3,(H,11,12);1-2H3. The first-order valence-corrected chi connectivity index (χ1v) is 5.50. The quantitative estimate of drug-likeness (QED) is 0.744. The smallest absolute Gasteiger partial charge is 0.306 e. The molecule has 0 saturated heterocycles. The predicted octanol–water partition coefficient (Wildman–Crippen LogP) is 2.22. The lowest BCUT2D eigenvalue weighted by molar-refractivity contribution is -0.143. The number of rotatable bonds is 2. The minimum atomic E-state index is -0.618. The largest absolute Gasteiger partial charge is 0.481 e. The Balaban J connectivity index is 0.000000791. The van der Waals surface area contributed by atoms with Gasteiger partial charge in [0, 0.05) is 6.04 Å². The third-order valence-corrected chi connectivity index (χ3v) is 2.78. The van der Waals surface area contributed by atoms with Crippen LogP contribution in [0.4, 0.5) is 0 Å². The molecule has 0 aromatic rings. The van der Waals surface area contributed by atoms with Crippen molar-refractivity contribution < 1.29 is 9.90 Å². The van der Waals surface area contributed by atoms with Gasteiger partial charge < -0.3 is 10.0 Å². The highest BCUT2D eigenvalue weighted by Gasteiger charge is 2.26. The highest BCUT2D eigenvalue weighted by molar-refractivity contribution is 5.70. The van der Waals surface area contributed by atoms with E-state index < -0.39 is 5.97 Å². The maximum absolute atomic E-state index is 10.6. The first-order chi connectivity index (χ1) is 6.61. The third kappa shape index (κ3) is 4.09. The van der Waals surface area contributed by atoms with Gasteiger partial charge in [0.25, 0.3) is 0 Å². The Bertz CT molecular complexity index is 161.